The Balaban J connectivity index is 1.85. The Morgan fingerprint density at radius 3 is 2.84 bits per heavy atom. The van der Waals surface area contributed by atoms with Gasteiger partial charge in [-0.15, -0.1) is 0 Å². The van der Waals surface area contributed by atoms with Crippen molar-refractivity contribution in [2.24, 2.45) is 5.92 Å². The lowest BCUT2D eigenvalue weighted by atomic mass is 9.99. The maximum Gasteiger partial charge on any atom is 0.270 e. The van der Waals surface area contributed by atoms with Gasteiger partial charge in [-0.3, -0.25) is 4.79 Å². The molecule has 1 fully saturated rings. The monoisotopic (exact) mass is 364 g/mol. The molecule has 1 saturated heterocycles. The summed E-state index contributed by atoms with van der Waals surface area (Å²) in [6, 6.07) is 5.68. The molecule has 1 aromatic heterocycles. The highest BCUT2D eigenvalue weighted by Crippen LogP contribution is 2.28. The average molecular weight is 364 g/mol. The Morgan fingerprint density at radius 1 is 1.40 bits per heavy atom. The highest BCUT2D eigenvalue weighted by Gasteiger charge is 2.28. The Morgan fingerprint density at radius 2 is 2.16 bits per heavy atom. The van der Waals surface area contributed by atoms with E-state index in [0.29, 0.717) is 18.8 Å². The second-order valence-corrected chi connectivity index (χ2v) is 9.07. The molecule has 1 N–H and O–H groups in total. The van der Waals surface area contributed by atoms with Crippen LogP contribution in [0.1, 0.15) is 28.9 Å². The highest BCUT2D eigenvalue weighted by atomic mass is 32.2. The third kappa shape index (κ3) is 3.81. The molecule has 25 heavy (non-hydrogen) atoms. The van der Waals surface area contributed by atoms with Crippen molar-refractivity contribution in [1.29, 1.82) is 0 Å². The Kier molecular flexibility index (Phi) is 4.77. The molecule has 0 aliphatic carbocycles. The topological polar surface area (TPSA) is 79.5 Å². The van der Waals surface area contributed by atoms with Crippen LogP contribution in [0.25, 0.3) is 10.9 Å². The van der Waals surface area contributed by atoms with E-state index in [4.69, 9.17) is 4.74 Å². The molecular weight excluding hydrogens is 340 g/mol. The van der Waals surface area contributed by atoms with Crippen LogP contribution < -0.4 is 4.74 Å². The SMILES string of the molecule is COc1ccc2[nH]c(C(=O)N3CCC[C@H](CS(C)(=O)=O)C3)c(C)c2c1. The fourth-order valence-electron chi connectivity index (χ4n) is 3.62. The number of aryl methyl sites for hydroxylation is 1. The van der Waals surface area contributed by atoms with Gasteiger partial charge in [-0.2, -0.15) is 0 Å². The molecule has 6 nitrogen and oxygen atoms in total. The molecule has 0 spiro atoms. The minimum atomic E-state index is -3.03. The number of carbonyl (C=O) groups is 1. The standard InChI is InChI=1S/C18H24N2O4S/c1-12-15-9-14(24-2)6-7-16(15)19-17(12)18(21)20-8-4-5-13(10-20)11-25(3,22)23/h6-7,9,13,19H,4-5,8,10-11H2,1-3H3/t13-/m0/s1. The van der Waals surface area contributed by atoms with E-state index >= 15 is 0 Å². The number of benzene rings is 1. The average Bonchev–Trinajstić information content (AvgIpc) is 2.89. The van der Waals surface area contributed by atoms with Crippen molar-refractivity contribution >= 4 is 26.6 Å². The van der Waals surface area contributed by atoms with Crippen LogP contribution in [0.4, 0.5) is 0 Å². The van der Waals surface area contributed by atoms with Crippen molar-refractivity contribution in [3.8, 4) is 5.75 Å². The summed E-state index contributed by atoms with van der Waals surface area (Å²) in [5.74, 6) is 0.836. The first kappa shape index (κ1) is 17.8. The summed E-state index contributed by atoms with van der Waals surface area (Å²) in [6.07, 6.45) is 2.93. The van der Waals surface area contributed by atoms with Crippen molar-refractivity contribution in [1.82, 2.24) is 9.88 Å². The lowest BCUT2D eigenvalue weighted by Crippen LogP contribution is -2.42. The molecule has 3 rings (SSSR count). The van der Waals surface area contributed by atoms with Gasteiger partial charge in [0, 0.05) is 30.2 Å². The molecule has 0 saturated carbocycles. The predicted molar refractivity (Wildman–Crippen MR) is 97.9 cm³/mol. The second kappa shape index (κ2) is 6.71. The van der Waals surface area contributed by atoms with Gasteiger partial charge in [0.2, 0.25) is 0 Å². The quantitative estimate of drug-likeness (QED) is 0.903. The highest BCUT2D eigenvalue weighted by molar-refractivity contribution is 7.90. The molecule has 0 unspecified atom stereocenters. The van der Waals surface area contributed by atoms with Crippen LogP contribution in [0.3, 0.4) is 0 Å². The number of aromatic amines is 1. The molecule has 1 aliphatic heterocycles. The number of carbonyl (C=O) groups excluding carboxylic acids is 1. The summed E-state index contributed by atoms with van der Waals surface area (Å²) < 4.78 is 28.4. The summed E-state index contributed by atoms with van der Waals surface area (Å²) in [7, 11) is -1.42. The Hall–Kier alpha value is -2.02. The number of ether oxygens (including phenoxy) is 1. The number of rotatable bonds is 4. The Labute approximate surface area is 148 Å². The minimum Gasteiger partial charge on any atom is -0.497 e. The van der Waals surface area contributed by atoms with Gasteiger partial charge >= 0.3 is 0 Å². The van der Waals surface area contributed by atoms with Gasteiger partial charge in [0.15, 0.2) is 0 Å². The fourth-order valence-corrected chi connectivity index (χ4v) is 4.75. The molecule has 1 atom stereocenters. The third-order valence-corrected chi connectivity index (χ3v) is 5.90. The molecule has 1 amide bonds. The van der Waals surface area contributed by atoms with Crippen LogP contribution in [-0.2, 0) is 9.84 Å². The summed E-state index contributed by atoms with van der Waals surface area (Å²) >= 11 is 0. The van der Waals surface area contributed by atoms with E-state index in [0.717, 1.165) is 35.1 Å². The largest absolute Gasteiger partial charge is 0.497 e. The molecule has 2 heterocycles. The third-order valence-electron chi connectivity index (χ3n) is 4.82. The molecule has 0 radical (unpaired) electrons. The maximum absolute atomic E-state index is 13.0. The number of H-pyrrole nitrogens is 1. The zero-order chi connectivity index (χ0) is 18.2. The zero-order valence-corrected chi connectivity index (χ0v) is 15.6. The first-order valence-electron chi connectivity index (χ1n) is 8.42. The number of hydrogen-bond acceptors (Lipinski definition) is 4. The molecule has 7 heteroatoms. The van der Waals surface area contributed by atoms with Gasteiger partial charge in [0.25, 0.3) is 5.91 Å². The number of methoxy groups -OCH3 is 1. The van der Waals surface area contributed by atoms with E-state index in [1.807, 2.05) is 25.1 Å². The molecule has 1 aliphatic rings. The van der Waals surface area contributed by atoms with Crippen molar-refractivity contribution < 1.29 is 17.9 Å². The molecule has 1 aromatic carbocycles. The number of fused-ring (bicyclic) bond motifs is 1. The molecular formula is C18H24N2O4S. The van der Waals surface area contributed by atoms with E-state index in [2.05, 4.69) is 4.98 Å². The van der Waals surface area contributed by atoms with Crippen molar-refractivity contribution in [3.05, 3.63) is 29.5 Å². The number of hydrogen-bond donors (Lipinski definition) is 1. The maximum atomic E-state index is 13.0. The second-order valence-electron chi connectivity index (χ2n) is 6.89. The zero-order valence-electron chi connectivity index (χ0n) is 14.8. The molecule has 2 aromatic rings. The number of piperidine rings is 1. The smallest absolute Gasteiger partial charge is 0.270 e. The van der Waals surface area contributed by atoms with Gasteiger partial charge in [-0.05, 0) is 49.4 Å². The van der Waals surface area contributed by atoms with Crippen LogP contribution in [-0.4, -0.2) is 56.4 Å². The van der Waals surface area contributed by atoms with Crippen LogP contribution in [0.2, 0.25) is 0 Å². The number of nitrogens with zero attached hydrogens (tertiary/aromatic N) is 1. The van der Waals surface area contributed by atoms with Crippen LogP contribution in [0.15, 0.2) is 18.2 Å². The summed E-state index contributed by atoms with van der Waals surface area (Å²) in [4.78, 5) is 18.0. The number of sulfone groups is 1. The summed E-state index contributed by atoms with van der Waals surface area (Å²) in [5.41, 5.74) is 2.36. The lowest BCUT2D eigenvalue weighted by Gasteiger charge is -2.32. The molecule has 0 bridgehead atoms. The number of aromatic nitrogens is 1. The van der Waals surface area contributed by atoms with Crippen LogP contribution in [0, 0.1) is 12.8 Å². The Bertz CT molecular complexity index is 901. The number of amides is 1. The first-order valence-corrected chi connectivity index (χ1v) is 10.5. The van der Waals surface area contributed by atoms with E-state index in [1.54, 1.807) is 12.0 Å². The van der Waals surface area contributed by atoms with Gasteiger partial charge in [0.05, 0.1) is 12.9 Å². The van der Waals surface area contributed by atoms with E-state index < -0.39 is 9.84 Å². The minimum absolute atomic E-state index is 0.0116. The van der Waals surface area contributed by atoms with E-state index in [9.17, 15) is 13.2 Å². The van der Waals surface area contributed by atoms with Crippen LogP contribution >= 0.6 is 0 Å². The number of likely N-dealkylation sites (tertiary alicyclic amines) is 1. The van der Waals surface area contributed by atoms with Gasteiger partial charge in [-0.25, -0.2) is 8.42 Å². The fraction of sp³-hybridized carbons (Fsp3) is 0.500. The van der Waals surface area contributed by atoms with Gasteiger partial charge in [0.1, 0.15) is 21.3 Å². The summed E-state index contributed by atoms with van der Waals surface area (Å²) in [6.45, 7) is 3.07. The van der Waals surface area contributed by atoms with Gasteiger partial charge < -0.3 is 14.6 Å². The van der Waals surface area contributed by atoms with Crippen molar-refractivity contribution in [2.45, 2.75) is 19.8 Å². The van der Waals surface area contributed by atoms with E-state index in [-0.39, 0.29) is 17.6 Å². The normalized spacial score (nSPS) is 18.5. The van der Waals surface area contributed by atoms with E-state index in [1.165, 1.54) is 6.26 Å². The van der Waals surface area contributed by atoms with Crippen LogP contribution in [0.5, 0.6) is 5.75 Å². The summed E-state index contributed by atoms with van der Waals surface area (Å²) in [5, 5.41) is 0.965. The van der Waals surface area contributed by atoms with Crippen molar-refractivity contribution in [3.63, 3.8) is 0 Å². The van der Waals surface area contributed by atoms with Gasteiger partial charge in [-0.1, -0.05) is 0 Å². The molecule has 136 valence electrons. The lowest BCUT2D eigenvalue weighted by molar-refractivity contribution is 0.0678. The first-order chi connectivity index (χ1) is 11.8. The predicted octanol–water partition coefficient (Wildman–Crippen LogP) is 2.38. The van der Waals surface area contributed by atoms with Crippen molar-refractivity contribution in [2.75, 3.05) is 32.2 Å². The number of nitrogens with one attached hydrogen (secondary N) is 1.